The number of carbonyl (C=O) groups is 3. The van der Waals surface area contributed by atoms with Gasteiger partial charge in [0.2, 0.25) is 11.8 Å². The van der Waals surface area contributed by atoms with Gasteiger partial charge in [-0.2, -0.15) is 0 Å². The highest BCUT2D eigenvalue weighted by Crippen LogP contribution is 2.22. The van der Waals surface area contributed by atoms with Crippen LogP contribution in [-0.2, 0) is 9.59 Å². The van der Waals surface area contributed by atoms with E-state index < -0.39 is 6.04 Å². The number of aryl methyl sites for hydroxylation is 3. The Bertz CT molecular complexity index is 948. The Morgan fingerprint density at radius 1 is 1.00 bits per heavy atom. The molecule has 1 atom stereocenters. The van der Waals surface area contributed by atoms with E-state index in [2.05, 4.69) is 10.6 Å². The third-order valence-corrected chi connectivity index (χ3v) is 5.28. The van der Waals surface area contributed by atoms with Crippen molar-refractivity contribution in [2.75, 3.05) is 18.9 Å². The first-order valence-electron chi connectivity index (χ1n) is 10.2. The van der Waals surface area contributed by atoms with Crippen molar-refractivity contribution in [2.24, 2.45) is 5.92 Å². The maximum atomic E-state index is 13.0. The summed E-state index contributed by atoms with van der Waals surface area (Å²) in [6.07, 6.45) is 0. The molecule has 0 spiro atoms. The van der Waals surface area contributed by atoms with E-state index in [-0.39, 0.29) is 30.2 Å². The third kappa shape index (κ3) is 6.56. The van der Waals surface area contributed by atoms with Crippen LogP contribution in [0, 0.1) is 26.7 Å². The zero-order valence-corrected chi connectivity index (χ0v) is 19.6. The van der Waals surface area contributed by atoms with E-state index in [9.17, 15) is 14.4 Å². The smallest absolute Gasteiger partial charge is 0.251 e. The van der Waals surface area contributed by atoms with Gasteiger partial charge in [-0.3, -0.25) is 14.4 Å². The molecule has 0 aliphatic heterocycles. The summed E-state index contributed by atoms with van der Waals surface area (Å²) in [6.45, 7) is 9.44. The Morgan fingerprint density at radius 3 is 2.06 bits per heavy atom. The average Bonchev–Trinajstić information content (AvgIpc) is 2.68. The molecule has 31 heavy (non-hydrogen) atoms. The molecule has 2 aromatic rings. The van der Waals surface area contributed by atoms with Gasteiger partial charge in [-0.25, -0.2) is 0 Å². The molecular formula is C24H30ClN3O3. The maximum absolute atomic E-state index is 13.0. The Hall–Kier alpha value is -2.86. The predicted octanol–water partition coefficient (Wildman–Crippen LogP) is 4.12. The zero-order valence-electron chi connectivity index (χ0n) is 18.9. The summed E-state index contributed by atoms with van der Waals surface area (Å²) in [5.74, 6) is -1.15. The quantitative estimate of drug-likeness (QED) is 0.675. The molecule has 166 valence electrons. The van der Waals surface area contributed by atoms with Crippen LogP contribution in [0.15, 0.2) is 36.4 Å². The number of hydrogen-bond donors (Lipinski definition) is 2. The molecule has 2 aromatic carbocycles. The normalized spacial score (nSPS) is 11.7. The van der Waals surface area contributed by atoms with Crippen molar-refractivity contribution < 1.29 is 14.4 Å². The minimum absolute atomic E-state index is 0.119. The van der Waals surface area contributed by atoms with Gasteiger partial charge in [0.05, 0.1) is 6.54 Å². The summed E-state index contributed by atoms with van der Waals surface area (Å²) >= 11 is 5.87. The summed E-state index contributed by atoms with van der Waals surface area (Å²) in [5, 5.41) is 6.20. The van der Waals surface area contributed by atoms with Gasteiger partial charge in [0.1, 0.15) is 6.04 Å². The van der Waals surface area contributed by atoms with Gasteiger partial charge < -0.3 is 15.5 Å². The van der Waals surface area contributed by atoms with Crippen LogP contribution < -0.4 is 10.6 Å². The molecule has 0 radical (unpaired) electrons. The Labute approximate surface area is 189 Å². The number of anilines is 1. The molecule has 0 aromatic heterocycles. The van der Waals surface area contributed by atoms with Crippen molar-refractivity contribution in [1.29, 1.82) is 0 Å². The van der Waals surface area contributed by atoms with E-state index in [1.165, 1.54) is 4.90 Å². The first kappa shape index (κ1) is 24.4. The number of amides is 3. The SMILES string of the molecule is Cc1cc(C)c(NC(=O)CN(C)C(=O)C(NC(=O)c2ccc(Cl)cc2)C(C)C)c(C)c1. The Balaban J connectivity index is 2.05. The Morgan fingerprint density at radius 2 is 1.55 bits per heavy atom. The van der Waals surface area contributed by atoms with Gasteiger partial charge in [-0.15, -0.1) is 0 Å². The maximum Gasteiger partial charge on any atom is 0.251 e. The fourth-order valence-corrected chi connectivity index (χ4v) is 3.55. The van der Waals surface area contributed by atoms with Crippen LogP contribution in [0.1, 0.15) is 40.9 Å². The minimum atomic E-state index is -0.760. The van der Waals surface area contributed by atoms with E-state index >= 15 is 0 Å². The highest BCUT2D eigenvalue weighted by Gasteiger charge is 2.28. The number of hydrogen-bond acceptors (Lipinski definition) is 3. The molecule has 6 nitrogen and oxygen atoms in total. The fraction of sp³-hybridized carbons (Fsp3) is 0.375. The van der Waals surface area contributed by atoms with Crippen molar-refractivity contribution in [3.63, 3.8) is 0 Å². The van der Waals surface area contributed by atoms with E-state index in [1.807, 2.05) is 46.8 Å². The van der Waals surface area contributed by atoms with Crippen molar-refractivity contribution in [3.05, 3.63) is 63.7 Å². The molecule has 0 bridgehead atoms. The summed E-state index contributed by atoms with van der Waals surface area (Å²) < 4.78 is 0. The van der Waals surface area contributed by atoms with Crippen LogP contribution >= 0.6 is 11.6 Å². The Kier molecular flexibility index (Phi) is 8.22. The molecule has 2 rings (SSSR count). The molecular weight excluding hydrogens is 414 g/mol. The van der Waals surface area contributed by atoms with Gasteiger partial charge in [0.25, 0.3) is 5.91 Å². The lowest BCUT2D eigenvalue weighted by atomic mass is 10.0. The van der Waals surface area contributed by atoms with Crippen molar-refractivity contribution >= 4 is 35.0 Å². The van der Waals surface area contributed by atoms with Crippen LogP contribution in [-0.4, -0.2) is 42.3 Å². The summed E-state index contributed by atoms with van der Waals surface area (Å²) in [7, 11) is 1.56. The van der Waals surface area contributed by atoms with Gasteiger partial charge in [0.15, 0.2) is 0 Å². The monoisotopic (exact) mass is 443 g/mol. The molecule has 0 fully saturated rings. The first-order chi connectivity index (χ1) is 14.5. The molecule has 1 unspecified atom stereocenters. The largest absolute Gasteiger partial charge is 0.340 e. The van der Waals surface area contributed by atoms with Crippen LogP contribution in [0.3, 0.4) is 0 Å². The molecule has 3 amide bonds. The molecule has 7 heteroatoms. The number of halogens is 1. The number of carbonyl (C=O) groups excluding carboxylic acids is 3. The van der Waals surface area contributed by atoms with Crippen LogP contribution in [0.2, 0.25) is 5.02 Å². The second-order valence-corrected chi connectivity index (χ2v) is 8.65. The van der Waals surface area contributed by atoms with E-state index in [0.717, 1.165) is 22.4 Å². The molecule has 0 aliphatic carbocycles. The number of benzene rings is 2. The highest BCUT2D eigenvalue weighted by atomic mass is 35.5. The second-order valence-electron chi connectivity index (χ2n) is 8.22. The third-order valence-electron chi connectivity index (χ3n) is 5.02. The van der Waals surface area contributed by atoms with Gasteiger partial charge in [-0.05, 0) is 62.1 Å². The fourth-order valence-electron chi connectivity index (χ4n) is 3.43. The standard InChI is InChI=1S/C24H30ClN3O3/c1-14(2)21(27-23(30)18-7-9-19(25)10-8-18)24(31)28(6)13-20(29)26-22-16(4)11-15(3)12-17(22)5/h7-12,14,21H,13H2,1-6H3,(H,26,29)(H,27,30). The second kappa shape index (κ2) is 10.4. The van der Waals surface area contributed by atoms with Crippen molar-refractivity contribution in [1.82, 2.24) is 10.2 Å². The van der Waals surface area contributed by atoms with E-state index in [0.29, 0.717) is 10.6 Å². The molecule has 0 aliphatic rings. The predicted molar refractivity (Wildman–Crippen MR) is 124 cm³/mol. The van der Waals surface area contributed by atoms with Crippen LogP contribution in [0.25, 0.3) is 0 Å². The average molecular weight is 444 g/mol. The number of nitrogens with zero attached hydrogens (tertiary/aromatic N) is 1. The van der Waals surface area contributed by atoms with E-state index in [4.69, 9.17) is 11.6 Å². The molecule has 0 saturated heterocycles. The lowest BCUT2D eigenvalue weighted by Crippen LogP contribution is -2.51. The summed E-state index contributed by atoms with van der Waals surface area (Å²) in [6, 6.07) is 9.68. The van der Waals surface area contributed by atoms with Gasteiger partial charge >= 0.3 is 0 Å². The molecule has 0 heterocycles. The summed E-state index contributed by atoms with van der Waals surface area (Å²) in [5.41, 5.74) is 4.23. The highest BCUT2D eigenvalue weighted by molar-refractivity contribution is 6.30. The topological polar surface area (TPSA) is 78.5 Å². The summed E-state index contributed by atoms with van der Waals surface area (Å²) in [4.78, 5) is 39.5. The van der Waals surface area contributed by atoms with Gasteiger partial charge in [-0.1, -0.05) is 43.1 Å². The van der Waals surface area contributed by atoms with E-state index in [1.54, 1.807) is 31.3 Å². The van der Waals surface area contributed by atoms with Crippen molar-refractivity contribution in [3.8, 4) is 0 Å². The number of rotatable bonds is 7. The van der Waals surface area contributed by atoms with Crippen LogP contribution in [0.4, 0.5) is 5.69 Å². The lowest BCUT2D eigenvalue weighted by Gasteiger charge is -2.27. The molecule has 2 N–H and O–H groups in total. The number of nitrogens with one attached hydrogen (secondary N) is 2. The first-order valence-corrected chi connectivity index (χ1v) is 10.6. The lowest BCUT2D eigenvalue weighted by molar-refractivity contribution is -0.135. The van der Waals surface area contributed by atoms with Gasteiger partial charge in [0, 0.05) is 23.3 Å². The van der Waals surface area contributed by atoms with Crippen molar-refractivity contribution in [2.45, 2.75) is 40.7 Å². The molecule has 0 saturated carbocycles. The van der Waals surface area contributed by atoms with Crippen LogP contribution in [0.5, 0.6) is 0 Å². The number of likely N-dealkylation sites (N-methyl/N-ethyl adjacent to an activating group) is 1. The minimum Gasteiger partial charge on any atom is -0.340 e. The zero-order chi connectivity index (χ0) is 23.3.